The lowest BCUT2D eigenvalue weighted by molar-refractivity contribution is -0.120. The second-order valence-electron chi connectivity index (χ2n) is 14.6. The zero-order valence-corrected chi connectivity index (χ0v) is 31.2. The van der Waals surface area contributed by atoms with Crippen molar-refractivity contribution in [3.63, 3.8) is 0 Å². The first-order valence-corrected chi connectivity index (χ1v) is 19.4. The van der Waals surface area contributed by atoms with Gasteiger partial charge in [-0.1, -0.05) is 17.7 Å². The smallest absolute Gasteiger partial charge is 0.328 e. The summed E-state index contributed by atoms with van der Waals surface area (Å²) in [6.45, 7) is 4.94. The number of nitriles is 1. The molecule has 16 heteroatoms. The van der Waals surface area contributed by atoms with Crippen molar-refractivity contribution in [2.75, 3.05) is 55.7 Å². The second-order valence-corrected chi connectivity index (χ2v) is 15.0. The van der Waals surface area contributed by atoms with Crippen molar-refractivity contribution in [2.24, 2.45) is 0 Å². The van der Waals surface area contributed by atoms with E-state index in [2.05, 4.69) is 41.4 Å². The Kier molecular flexibility index (Phi) is 10.8. The maximum absolute atomic E-state index is 13.1. The van der Waals surface area contributed by atoms with Crippen LogP contribution in [0.4, 0.5) is 16.3 Å². The van der Waals surface area contributed by atoms with Crippen LogP contribution >= 0.6 is 11.6 Å². The highest BCUT2D eigenvalue weighted by molar-refractivity contribution is 6.31. The van der Waals surface area contributed by atoms with E-state index in [-0.39, 0.29) is 48.2 Å². The van der Waals surface area contributed by atoms with Crippen molar-refractivity contribution < 1.29 is 23.9 Å². The number of rotatable bonds is 9. The van der Waals surface area contributed by atoms with Crippen molar-refractivity contribution in [3.05, 3.63) is 71.0 Å². The SMILES string of the molecule is N#Cc1ccc(O[C@H]2CC[C@H](NC(=O)c3ccc(N4CCO[C@H](CN5CCC(n6ncc7c(N8CCC(=O)NC8=O)cccc76)CC5)C4)nn3)CC2)cc1Cl. The van der Waals surface area contributed by atoms with E-state index < -0.39 is 6.03 Å². The van der Waals surface area contributed by atoms with Gasteiger partial charge in [0, 0.05) is 63.2 Å². The van der Waals surface area contributed by atoms with Gasteiger partial charge in [-0.3, -0.25) is 24.5 Å². The van der Waals surface area contributed by atoms with Crippen LogP contribution in [0.5, 0.6) is 5.75 Å². The number of fused-ring (bicyclic) bond motifs is 1. The molecule has 2 aromatic carbocycles. The van der Waals surface area contributed by atoms with E-state index in [1.807, 2.05) is 30.5 Å². The molecular formula is C39H43ClN10O5. The summed E-state index contributed by atoms with van der Waals surface area (Å²) < 4.78 is 14.3. The van der Waals surface area contributed by atoms with Crippen molar-refractivity contribution in [2.45, 2.75) is 69.2 Å². The van der Waals surface area contributed by atoms with Crippen LogP contribution in [0.1, 0.15) is 67.0 Å². The first-order valence-electron chi connectivity index (χ1n) is 19.0. The molecule has 2 aromatic heterocycles. The van der Waals surface area contributed by atoms with E-state index in [4.69, 9.17) is 31.4 Å². The molecule has 4 aromatic rings. The van der Waals surface area contributed by atoms with Crippen LogP contribution in [0, 0.1) is 11.3 Å². The van der Waals surface area contributed by atoms with E-state index >= 15 is 0 Å². The Morgan fingerprint density at radius 1 is 1.02 bits per heavy atom. The molecule has 0 bridgehead atoms. The Balaban J connectivity index is 0.791. The van der Waals surface area contributed by atoms with Gasteiger partial charge in [-0.2, -0.15) is 10.4 Å². The van der Waals surface area contributed by atoms with Gasteiger partial charge in [-0.05, 0) is 74.9 Å². The molecule has 15 nitrogen and oxygen atoms in total. The summed E-state index contributed by atoms with van der Waals surface area (Å²) in [7, 11) is 0. The summed E-state index contributed by atoms with van der Waals surface area (Å²) in [5.74, 6) is 0.880. The van der Waals surface area contributed by atoms with Gasteiger partial charge in [0.15, 0.2) is 11.5 Å². The van der Waals surface area contributed by atoms with Gasteiger partial charge in [0.05, 0.1) is 52.8 Å². The minimum absolute atomic E-state index is 0.0127. The number of aromatic nitrogens is 4. The van der Waals surface area contributed by atoms with Crippen LogP contribution in [-0.4, -0.2) is 107 Å². The highest BCUT2D eigenvalue weighted by Crippen LogP contribution is 2.33. The zero-order valence-electron chi connectivity index (χ0n) is 30.4. The number of likely N-dealkylation sites (tertiary alicyclic amines) is 1. The monoisotopic (exact) mass is 766 g/mol. The predicted molar refractivity (Wildman–Crippen MR) is 204 cm³/mol. The number of nitrogens with one attached hydrogen (secondary N) is 2. The van der Waals surface area contributed by atoms with Crippen molar-refractivity contribution in [3.8, 4) is 11.8 Å². The molecule has 286 valence electrons. The third-order valence-electron chi connectivity index (χ3n) is 11.0. The minimum atomic E-state index is -0.397. The first kappa shape index (κ1) is 36.7. The lowest BCUT2D eigenvalue weighted by Crippen LogP contribution is -2.49. The molecule has 0 unspecified atom stereocenters. The molecule has 0 radical (unpaired) electrons. The number of carbonyl (C=O) groups is 3. The molecule has 3 saturated heterocycles. The predicted octanol–water partition coefficient (Wildman–Crippen LogP) is 4.46. The fraction of sp³-hybridized carbons (Fsp3) is 0.462. The zero-order chi connectivity index (χ0) is 37.9. The first-order chi connectivity index (χ1) is 26.8. The average Bonchev–Trinajstić information content (AvgIpc) is 3.64. The molecule has 1 aliphatic carbocycles. The topological polar surface area (TPSA) is 171 Å². The Labute approximate surface area is 323 Å². The van der Waals surface area contributed by atoms with Gasteiger partial charge >= 0.3 is 6.03 Å². The Morgan fingerprint density at radius 3 is 2.60 bits per heavy atom. The Bertz CT molecular complexity index is 2090. The number of benzene rings is 2. The maximum atomic E-state index is 13.1. The highest BCUT2D eigenvalue weighted by atomic mass is 35.5. The number of amides is 4. The molecule has 4 aliphatic rings. The van der Waals surface area contributed by atoms with E-state index in [0.29, 0.717) is 42.6 Å². The molecular weight excluding hydrogens is 724 g/mol. The summed E-state index contributed by atoms with van der Waals surface area (Å²) in [5.41, 5.74) is 2.46. The van der Waals surface area contributed by atoms with Crippen LogP contribution in [-0.2, 0) is 9.53 Å². The summed E-state index contributed by atoms with van der Waals surface area (Å²) in [5, 5.41) is 29.4. The van der Waals surface area contributed by atoms with Gasteiger partial charge in [0.1, 0.15) is 11.8 Å². The quantitative estimate of drug-likeness (QED) is 0.247. The van der Waals surface area contributed by atoms with E-state index in [0.717, 1.165) is 80.6 Å². The van der Waals surface area contributed by atoms with Crippen molar-refractivity contribution in [1.82, 2.24) is 35.5 Å². The number of hydrogen-bond donors (Lipinski definition) is 2. The van der Waals surface area contributed by atoms with Gasteiger partial charge < -0.3 is 24.6 Å². The van der Waals surface area contributed by atoms with Crippen molar-refractivity contribution in [1.29, 1.82) is 5.26 Å². The van der Waals surface area contributed by atoms with E-state index in [1.54, 1.807) is 29.2 Å². The average molecular weight is 767 g/mol. The van der Waals surface area contributed by atoms with E-state index in [9.17, 15) is 14.4 Å². The molecule has 8 rings (SSSR count). The second kappa shape index (κ2) is 16.2. The molecule has 3 aliphatic heterocycles. The molecule has 1 saturated carbocycles. The Hall–Kier alpha value is -5.30. The lowest BCUT2D eigenvalue weighted by Gasteiger charge is -2.38. The van der Waals surface area contributed by atoms with Gasteiger partial charge in [0.25, 0.3) is 5.91 Å². The van der Waals surface area contributed by atoms with Gasteiger partial charge in [-0.25, -0.2) is 4.79 Å². The number of halogens is 1. The van der Waals surface area contributed by atoms with Gasteiger partial charge in [-0.15, -0.1) is 10.2 Å². The molecule has 4 amide bonds. The van der Waals surface area contributed by atoms with Crippen LogP contribution < -0.4 is 25.2 Å². The van der Waals surface area contributed by atoms with Crippen LogP contribution in [0.15, 0.2) is 54.7 Å². The summed E-state index contributed by atoms with van der Waals surface area (Å²) in [6.07, 6.45) is 7.16. The number of ether oxygens (including phenoxy) is 2. The third kappa shape index (κ3) is 8.22. The Morgan fingerprint density at radius 2 is 1.85 bits per heavy atom. The number of piperidine rings is 1. The van der Waals surface area contributed by atoms with E-state index in [1.165, 1.54) is 0 Å². The minimum Gasteiger partial charge on any atom is -0.490 e. The molecule has 5 heterocycles. The van der Waals surface area contributed by atoms with Crippen LogP contribution in [0.25, 0.3) is 10.9 Å². The number of carbonyl (C=O) groups excluding carboxylic acids is 3. The standard InChI is InChI=1S/C39H43ClN10O5/c40-32-20-29(7-4-25(32)21-41)55-28-8-5-26(6-9-28)43-38(52)33-10-11-36(46-45-33)48-18-19-54-30(24-48)23-47-15-12-27(13-16-47)50-35-3-1-2-34(31(35)22-42-50)49-17-14-37(51)44-39(49)53/h1-4,7,10-11,20,22,26-28,30H,5-6,8-9,12-19,23-24H2,(H,43,52)(H,44,51,53)/t26-,28-,30-/m1/s1. The summed E-state index contributed by atoms with van der Waals surface area (Å²) in [6, 6.07) is 16.5. The summed E-state index contributed by atoms with van der Waals surface area (Å²) >= 11 is 6.15. The number of nitrogens with zero attached hydrogens (tertiary/aromatic N) is 8. The molecule has 55 heavy (non-hydrogen) atoms. The number of anilines is 2. The lowest BCUT2D eigenvalue weighted by atomic mass is 9.93. The van der Waals surface area contributed by atoms with Crippen molar-refractivity contribution >= 4 is 51.9 Å². The molecule has 0 spiro atoms. The fourth-order valence-corrected chi connectivity index (χ4v) is 8.31. The fourth-order valence-electron chi connectivity index (χ4n) is 8.10. The molecule has 2 N–H and O–H groups in total. The van der Waals surface area contributed by atoms with Crippen LogP contribution in [0.3, 0.4) is 0 Å². The number of morpholine rings is 1. The number of hydrogen-bond acceptors (Lipinski definition) is 11. The number of imide groups is 1. The highest BCUT2D eigenvalue weighted by Gasteiger charge is 2.30. The number of urea groups is 1. The molecule has 1 atom stereocenters. The third-order valence-corrected chi connectivity index (χ3v) is 11.4. The summed E-state index contributed by atoms with van der Waals surface area (Å²) in [4.78, 5) is 43.5. The molecule has 4 fully saturated rings. The largest absolute Gasteiger partial charge is 0.490 e. The normalized spacial score (nSPS) is 22.7. The van der Waals surface area contributed by atoms with Crippen LogP contribution in [0.2, 0.25) is 5.02 Å². The van der Waals surface area contributed by atoms with Gasteiger partial charge in [0.2, 0.25) is 5.91 Å². The maximum Gasteiger partial charge on any atom is 0.328 e.